The van der Waals surface area contributed by atoms with E-state index in [9.17, 15) is 55.2 Å². The van der Waals surface area contributed by atoms with Crippen molar-refractivity contribution in [3.8, 4) is 32.9 Å². The summed E-state index contributed by atoms with van der Waals surface area (Å²) in [5.41, 5.74) is 1.13. The smallest absolute Gasteiger partial charge is 0.326 e. The highest BCUT2D eigenvalue weighted by atomic mass is 32.2. The molecule has 4 aliphatic heterocycles. The summed E-state index contributed by atoms with van der Waals surface area (Å²) in [6.45, 7) is 7.89. The maximum absolute atomic E-state index is 14.0. The molecular formula is C62H66N12O15S4. The van der Waals surface area contributed by atoms with Crippen LogP contribution in [0.2, 0.25) is 0 Å². The van der Waals surface area contributed by atoms with Crippen LogP contribution in [0.3, 0.4) is 0 Å². The molecule has 0 radical (unpaired) electrons. The second-order valence-electron chi connectivity index (χ2n) is 24.1. The second kappa shape index (κ2) is 26.0. The summed E-state index contributed by atoms with van der Waals surface area (Å²) in [5.74, 6) is -4.52. The maximum atomic E-state index is 14.0. The second-order valence-corrected chi connectivity index (χ2v) is 29.9. The third-order valence-corrected chi connectivity index (χ3v) is 22.9. The van der Waals surface area contributed by atoms with Crippen LogP contribution in [-0.4, -0.2) is 165 Å². The largest absolute Gasteiger partial charge is 0.480 e. The van der Waals surface area contributed by atoms with Gasteiger partial charge in [-0.25, -0.2) is 41.6 Å². The minimum absolute atomic E-state index is 0.0157. The number of aromatic nitrogens is 4. The number of para-hydroxylation sites is 4. The standard InChI is InChI=1S/C31H32N6O7S2.C26H27N5O5S2.C5H7NO3/c1-2-17-15-31(17,30(41)36-46(42,43)19-9-10-19)35-27(39)23-14-18(16-37(23)29(40)22-11-12-25(38)32-22)44-28-26(24-8-5-13-45-24)33-20-6-3-4-7-21(20)34-28;1-2-15-13-26(15,25(33)31-38(34,35)17-9-10-17)30-23(32)20-12-16(14-27-20)36-24-22(21-8-5-11-37-21)28-18-6-3-4-7-19(18)29-24;7-4-2-1-3(6-4)5(8)9/h2-8,13,17-19,22-23H,1,9-12,14-16H2,(H,32,38)(H,35,39)(H,36,41);2-8,11,15-17,20,27H,1,9-10,12-14H2,(H,30,32)(H,31,33);3H,1-2H2,(H,6,7)(H,8,9)/t17-,18-,22+,23+,31-;15-,16-,20+,26-;3-/m110/s1. The lowest BCUT2D eigenvalue weighted by molar-refractivity contribution is -0.141. The number of carboxylic acid groups (broad SMARTS) is 1. The van der Waals surface area contributed by atoms with Gasteiger partial charge in [0.05, 0.1) is 54.9 Å². The molecule has 488 valence electrons. The van der Waals surface area contributed by atoms with Crippen molar-refractivity contribution in [1.29, 1.82) is 0 Å². The van der Waals surface area contributed by atoms with Crippen LogP contribution < -0.4 is 45.5 Å². The summed E-state index contributed by atoms with van der Waals surface area (Å²) in [5, 5.41) is 24.8. The highest BCUT2D eigenvalue weighted by Crippen LogP contribution is 2.47. The molecule has 0 unspecified atom stereocenters. The Balaban J connectivity index is 0.000000160. The van der Waals surface area contributed by atoms with Crippen molar-refractivity contribution >= 4 is 112 Å². The van der Waals surface area contributed by atoms with Crippen LogP contribution in [0.1, 0.15) is 77.0 Å². The van der Waals surface area contributed by atoms with Gasteiger partial charge < -0.3 is 46.1 Å². The number of fused-ring (bicyclic) bond motifs is 2. The molecule has 4 saturated carbocycles. The van der Waals surface area contributed by atoms with Crippen LogP contribution in [0.15, 0.2) is 109 Å². The van der Waals surface area contributed by atoms with E-state index >= 15 is 0 Å². The minimum Gasteiger partial charge on any atom is -0.480 e. The Morgan fingerprint density at radius 2 is 1.06 bits per heavy atom. The molecule has 0 spiro atoms. The van der Waals surface area contributed by atoms with Crippen LogP contribution >= 0.6 is 22.7 Å². The van der Waals surface area contributed by atoms with E-state index in [1.165, 1.54) is 33.6 Å². The van der Waals surface area contributed by atoms with Gasteiger partial charge in [0, 0.05) is 44.1 Å². The van der Waals surface area contributed by atoms with E-state index in [-0.39, 0.29) is 67.9 Å². The summed E-state index contributed by atoms with van der Waals surface area (Å²) < 4.78 is 66.7. The van der Waals surface area contributed by atoms with Crippen LogP contribution in [0, 0.1) is 11.8 Å². The fourth-order valence-electron chi connectivity index (χ4n) is 11.8. The number of aliphatic carboxylic acids is 1. The molecule has 10 atom stereocenters. The van der Waals surface area contributed by atoms with Gasteiger partial charge in [0.15, 0.2) is 0 Å². The molecule has 8 N–H and O–H groups in total. The Morgan fingerprint density at radius 1 is 0.602 bits per heavy atom. The number of carbonyl (C=O) groups is 8. The zero-order valence-electron chi connectivity index (χ0n) is 49.9. The monoisotopic (exact) mass is 1350 g/mol. The van der Waals surface area contributed by atoms with Gasteiger partial charge in [0.25, 0.3) is 11.8 Å². The molecule has 8 heterocycles. The Hall–Kier alpha value is -8.78. The van der Waals surface area contributed by atoms with Crippen LogP contribution in [0.25, 0.3) is 43.2 Å². The number of rotatable bonds is 20. The third-order valence-electron chi connectivity index (χ3n) is 17.5. The average molecular weight is 1350 g/mol. The van der Waals surface area contributed by atoms with E-state index in [2.05, 4.69) is 49.2 Å². The number of benzene rings is 2. The van der Waals surface area contributed by atoms with Crippen molar-refractivity contribution in [2.75, 3.05) is 13.1 Å². The molecule has 6 aromatic rings. The van der Waals surface area contributed by atoms with Gasteiger partial charge in [0.2, 0.25) is 61.3 Å². The zero-order chi connectivity index (χ0) is 65.6. The fourth-order valence-corrected chi connectivity index (χ4v) is 15.9. The van der Waals surface area contributed by atoms with E-state index in [4.69, 9.17) is 34.5 Å². The molecule has 14 rings (SSSR count). The number of hydrogen-bond donors (Lipinski definition) is 8. The Morgan fingerprint density at radius 3 is 1.47 bits per heavy atom. The van der Waals surface area contributed by atoms with Crippen molar-refractivity contribution < 1.29 is 69.8 Å². The topological polar surface area (TPSA) is 383 Å². The third kappa shape index (κ3) is 14.0. The van der Waals surface area contributed by atoms with Gasteiger partial charge in [-0.05, 0) is 98.5 Å². The molecule has 93 heavy (non-hydrogen) atoms. The minimum atomic E-state index is -3.86. The lowest BCUT2D eigenvalue weighted by Gasteiger charge is -2.28. The molecule has 7 amide bonds. The lowest BCUT2D eigenvalue weighted by Crippen LogP contribution is -2.57. The lowest BCUT2D eigenvalue weighted by atomic mass is 10.1. The molecule has 4 saturated heterocycles. The number of hydrogen-bond acceptors (Lipinski definition) is 21. The number of nitrogens with zero attached hydrogens (tertiary/aromatic N) is 5. The number of ether oxygens (including phenoxy) is 2. The van der Waals surface area contributed by atoms with E-state index in [1.54, 1.807) is 6.08 Å². The van der Waals surface area contributed by atoms with E-state index in [0.717, 1.165) is 15.3 Å². The summed E-state index contributed by atoms with van der Waals surface area (Å²) in [4.78, 5) is 122. The van der Waals surface area contributed by atoms with E-state index in [1.807, 2.05) is 83.6 Å². The van der Waals surface area contributed by atoms with Gasteiger partial charge in [-0.3, -0.25) is 43.0 Å². The Kier molecular flexibility index (Phi) is 18.0. The van der Waals surface area contributed by atoms with Crippen LogP contribution in [-0.2, 0) is 58.4 Å². The molecule has 4 aromatic heterocycles. The van der Waals surface area contributed by atoms with Crippen molar-refractivity contribution in [2.24, 2.45) is 11.8 Å². The summed E-state index contributed by atoms with van der Waals surface area (Å²) in [6, 6.07) is 19.5. The zero-order valence-corrected chi connectivity index (χ0v) is 53.1. The number of amides is 7. The summed E-state index contributed by atoms with van der Waals surface area (Å²) in [6.07, 6.45) is 6.20. The number of carboxylic acids is 1. The average Bonchev–Trinajstić information content (AvgIpc) is 1.46. The highest BCUT2D eigenvalue weighted by Gasteiger charge is 2.63. The number of nitrogens with one attached hydrogen (secondary N) is 7. The first kappa shape index (κ1) is 64.3. The van der Waals surface area contributed by atoms with Gasteiger partial charge in [0.1, 0.15) is 52.8 Å². The molecular weight excluding hydrogens is 1280 g/mol. The molecule has 27 nitrogen and oxygen atoms in total. The van der Waals surface area contributed by atoms with Gasteiger partial charge >= 0.3 is 5.97 Å². The summed E-state index contributed by atoms with van der Waals surface area (Å²) in [7, 11) is -7.59. The van der Waals surface area contributed by atoms with E-state index < -0.39 is 107 Å². The molecule has 8 aliphatic rings. The SMILES string of the molecule is C=C[C@@H]1C[C@]1(NC(=O)[C@@H]1C[C@@H](Oc2nc3ccccc3nc2-c2cccs2)CN1)C(=O)NS(=O)(=O)C1CC1.C=C[C@@H]1C[C@]1(NC(=O)[C@@H]1C[C@@H](Oc2nc3ccccc3nc2-c2cccs2)CN1C(=O)[C@@H]1CCC(=O)N1)C(=O)NS(=O)(=O)C1CC1.O=C1CC[C@@H](C(=O)O)N1. The van der Waals surface area contributed by atoms with Crippen molar-refractivity contribution in [3.63, 3.8) is 0 Å². The number of carbonyl (C=O) groups excluding carboxylic acids is 7. The summed E-state index contributed by atoms with van der Waals surface area (Å²) >= 11 is 3.01. The van der Waals surface area contributed by atoms with Crippen molar-refractivity contribution in [2.45, 2.75) is 135 Å². The number of thiophene rings is 2. The first-order valence-corrected chi connectivity index (χ1v) is 35.2. The number of likely N-dealkylation sites (tertiary alicyclic amines) is 1. The van der Waals surface area contributed by atoms with Gasteiger partial charge in [-0.15, -0.1) is 35.8 Å². The predicted molar refractivity (Wildman–Crippen MR) is 340 cm³/mol. The first-order valence-electron chi connectivity index (χ1n) is 30.4. The van der Waals surface area contributed by atoms with Crippen molar-refractivity contribution in [3.05, 3.63) is 109 Å². The molecule has 4 aliphatic carbocycles. The van der Waals surface area contributed by atoms with Crippen molar-refractivity contribution in [1.82, 2.24) is 60.9 Å². The van der Waals surface area contributed by atoms with E-state index in [0.29, 0.717) is 91.7 Å². The molecule has 8 fully saturated rings. The predicted octanol–water partition coefficient (Wildman–Crippen LogP) is 3.14. The van der Waals surface area contributed by atoms with Crippen LogP contribution in [0.4, 0.5) is 0 Å². The molecule has 2 aromatic carbocycles. The van der Waals surface area contributed by atoms with Gasteiger partial charge in [-0.2, -0.15) is 0 Å². The number of sulfonamides is 2. The fraction of sp³-hybridized carbons (Fsp3) is 0.419. The van der Waals surface area contributed by atoms with Crippen LogP contribution in [0.5, 0.6) is 11.8 Å². The first-order chi connectivity index (χ1) is 44.6. The molecule has 0 bridgehead atoms. The Labute approximate surface area is 541 Å². The quantitative estimate of drug-likeness (QED) is 0.0509. The highest BCUT2D eigenvalue weighted by molar-refractivity contribution is 7.91. The Bertz CT molecular complexity index is 4230. The van der Waals surface area contributed by atoms with Gasteiger partial charge in [-0.1, -0.05) is 48.6 Å². The maximum Gasteiger partial charge on any atom is 0.326 e. The molecule has 31 heteroatoms. The normalized spacial score (nSPS) is 26.8.